The highest BCUT2D eigenvalue weighted by molar-refractivity contribution is 6.17. The minimum atomic E-state index is -0.425. The molecule has 1 rings (SSSR count). The smallest absolute Gasteiger partial charge is 0.310 e. The number of rotatable bonds is 4. The Morgan fingerprint density at radius 3 is 2.69 bits per heavy atom. The third-order valence-electron chi connectivity index (χ3n) is 2.29. The van der Waals surface area contributed by atoms with Gasteiger partial charge in [0.1, 0.15) is 5.82 Å². The van der Waals surface area contributed by atoms with E-state index in [1.807, 2.05) is 0 Å². The van der Waals surface area contributed by atoms with Gasteiger partial charge in [-0.3, -0.25) is 4.79 Å². The summed E-state index contributed by atoms with van der Waals surface area (Å²) in [6.45, 7) is 3.80. The second kappa shape index (κ2) is 5.85. The molecular formula is C12H14ClFO2. The molecule has 0 aliphatic carbocycles. The molecule has 0 unspecified atom stereocenters. The van der Waals surface area contributed by atoms with Crippen LogP contribution >= 0.6 is 11.6 Å². The SMILES string of the molecule is CCOC(=O)Cc1cc(CCl)c(C)cc1F. The van der Waals surface area contributed by atoms with Gasteiger partial charge in [-0.05, 0) is 36.6 Å². The van der Waals surface area contributed by atoms with Crippen molar-refractivity contribution in [1.82, 2.24) is 0 Å². The first-order valence-corrected chi connectivity index (χ1v) is 5.61. The van der Waals surface area contributed by atoms with E-state index in [1.165, 1.54) is 6.07 Å². The molecule has 16 heavy (non-hydrogen) atoms. The van der Waals surface area contributed by atoms with Crippen molar-refractivity contribution in [3.05, 3.63) is 34.6 Å². The number of carbonyl (C=O) groups is 1. The summed E-state index contributed by atoms with van der Waals surface area (Å²) in [5.41, 5.74) is 1.96. The molecule has 0 saturated heterocycles. The van der Waals surface area contributed by atoms with Gasteiger partial charge < -0.3 is 4.74 Å². The molecule has 4 heteroatoms. The van der Waals surface area contributed by atoms with Gasteiger partial charge in [-0.15, -0.1) is 11.6 Å². The average Bonchev–Trinajstić information content (AvgIpc) is 2.22. The van der Waals surface area contributed by atoms with Gasteiger partial charge in [-0.2, -0.15) is 0 Å². The summed E-state index contributed by atoms with van der Waals surface area (Å²) in [6.07, 6.45) is -0.0517. The summed E-state index contributed by atoms with van der Waals surface area (Å²) in [5, 5.41) is 0. The van der Waals surface area contributed by atoms with E-state index in [4.69, 9.17) is 16.3 Å². The fourth-order valence-corrected chi connectivity index (χ4v) is 1.70. The highest BCUT2D eigenvalue weighted by Gasteiger charge is 2.11. The molecule has 1 aromatic carbocycles. The fraction of sp³-hybridized carbons (Fsp3) is 0.417. The Balaban J connectivity index is 2.91. The third kappa shape index (κ3) is 3.20. The van der Waals surface area contributed by atoms with Gasteiger partial charge in [-0.1, -0.05) is 6.07 Å². The molecule has 0 amide bonds. The second-order valence-corrected chi connectivity index (χ2v) is 3.75. The summed E-state index contributed by atoms with van der Waals surface area (Å²) in [7, 11) is 0. The molecule has 2 nitrogen and oxygen atoms in total. The minimum Gasteiger partial charge on any atom is -0.466 e. The standard InChI is InChI=1S/C12H14ClFO2/c1-3-16-12(15)6-9-5-10(7-13)8(2)4-11(9)14/h4-5H,3,6-7H2,1-2H3. The van der Waals surface area contributed by atoms with Gasteiger partial charge in [-0.25, -0.2) is 4.39 Å². The molecule has 0 aliphatic rings. The van der Waals surface area contributed by atoms with E-state index in [9.17, 15) is 9.18 Å². The van der Waals surface area contributed by atoms with E-state index in [2.05, 4.69) is 0 Å². The molecule has 0 saturated carbocycles. The maximum absolute atomic E-state index is 13.5. The number of hydrogen-bond acceptors (Lipinski definition) is 2. The molecule has 88 valence electrons. The number of hydrogen-bond donors (Lipinski definition) is 0. The number of aryl methyl sites for hydroxylation is 1. The molecular weight excluding hydrogens is 231 g/mol. The third-order valence-corrected chi connectivity index (χ3v) is 2.58. The van der Waals surface area contributed by atoms with E-state index in [1.54, 1.807) is 19.9 Å². The van der Waals surface area contributed by atoms with Crippen molar-refractivity contribution in [2.24, 2.45) is 0 Å². The first kappa shape index (κ1) is 13.0. The van der Waals surface area contributed by atoms with Crippen molar-refractivity contribution >= 4 is 17.6 Å². The van der Waals surface area contributed by atoms with Gasteiger partial charge in [0.05, 0.1) is 13.0 Å². The van der Waals surface area contributed by atoms with Crippen molar-refractivity contribution in [3.8, 4) is 0 Å². The van der Waals surface area contributed by atoms with E-state index < -0.39 is 5.97 Å². The Morgan fingerprint density at radius 2 is 2.12 bits per heavy atom. The van der Waals surface area contributed by atoms with Crippen molar-refractivity contribution in [2.45, 2.75) is 26.1 Å². The van der Waals surface area contributed by atoms with Crippen LogP contribution in [0, 0.1) is 12.7 Å². The van der Waals surface area contributed by atoms with Gasteiger partial charge in [0.2, 0.25) is 0 Å². The summed E-state index contributed by atoms with van der Waals surface area (Å²) < 4.78 is 18.3. The van der Waals surface area contributed by atoms with Gasteiger partial charge in [0.25, 0.3) is 0 Å². The zero-order chi connectivity index (χ0) is 12.1. The number of carbonyl (C=O) groups excluding carboxylic acids is 1. The lowest BCUT2D eigenvalue weighted by Gasteiger charge is -2.08. The lowest BCUT2D eigenvalue weighted by atomic mass is 10.0. The Bertz CT molecular complexity index is 391. The minimum absolute atomic E-state index is 0.0517. The Kier molecular flexibility index (Phi) is 4.74. The maximum atomic E-state index is 13.5. The summed E-state index contributed by atoms with van der Waals surface area (Å²) in [4.78, 5) is 11.2. The molecule has 0 heterocycles. The molecule has 0 spiro atoms. The predicted octanol–water partition coefficient (Wildman–Crippen LogP) is 2.98. The van der Waals surface area contributed by atoms with Crippen LogP contribution in [0.4, 0.5) is 4.39 Å². The van der Waals surface area contributed by atoms with Gasteiger partial charge in [0.15, 0.2) is 0 Å². The maximum Gasteiger partial charge on any atom is 0.310 e. The quantitative estimate of drug-likeness (QED) is 0.601. The first-order chi connectivity index (χ1) is 7.58. The summed E-state index contributed by atoms with van der Waals surface area (Å²) in [5.74, 6) is -0.507. The first-order valence-electron chi connectivity index (χ1n) is 5.08. The van der Waals surface area contributed by atoms with E-state index in [0.29, 0.717) is 18.1 Å². The van der Waals surface area contributed by atoms with Crippen LogP contribution in [0.5, 0.6) is 0 Å². The molecule has 0 aromatic heterocycles. The van der Waals surface area contributed by atoms with Crippen molar-refractivity contribution in [1.29, 1.82) is 0 Å². The normalized spacial score (nSPS) is 10.2. The van der Waals surface area contributed by atoms with Crippen molar-refractivity contribution in [2.75, 3.05) is 6.61 Å². The van der Waals surface area contributed by atoms with Crippen LogP contribution in [0.25, 0.3) is 0 Å². The van der Waals surface area contributed by atoms with Crippen LogP contribution < -0.4 is 0 Å². The largest absolute Gasteiger partial charge is 0.466 e. The molecule has 0 N–H and O–H groups in total. The molecule has 0 radical (unpaired) electrons. The van der Waals surface area contributed by atoms with E-state index in [-0.39, 0.29) is 12.2 Å². The second-order valence-electron chi connectivity index (χ2n) is 3.49. The number of ether oxygens (including phenoxy) is 1. The highest BCUT2D eigenvalue weighted by Crippen LogP contribution is 2.18. The van der Waals surface area contributed by atoms with Crippen LogP contribution in [0.3, 0.4) is 0 Å². The van der Waals surface area contributed by atoms with Gasteiger partial charge in [0, 0.05) is 5.88 Å². The molecule has 0 aliphatic heterocycles. The molecule has 0 fully saturated rings. The zero-order valence-corrected chi connectivity index (χ0v) is 10.1. The fourth-order valence-electron chi connectivity index (χ4n) is 1.42. The Morgan fingerprint density at radius 1 is 1.44 bits per heavy atom. The Labute approximate surface area is 99.4 Å². The highest BCUT2D eigenvalue weighted by atomic mass is 35.5. The van der Waals surface area contributed by atoms with Crippen LogP contribution in [-0.2, 0) is 21.8 Å². The number of esters is 1. The molecule has 0 bridgehead atoms. The number of halogens is 2. The van der Waals surface area contributed by atoms with Crippen LogP contribution in [0.15, 0.2) is 12.1 Å². The van der Waals surface area contributed by atoms with Crippen molar-refractivity contribution < 1.29 is 13.9 Å². The van der Waals surface area contributed by atoms with Gasteiger partial charge >= 0.3 is 5.97 Å². The average molecular weight is 245 g/mol. The van der Waals surface area contributed by atoms with E-state index >= 15 is 0 Å². The lowest BCUT2D eigenvalue weighted by Crippen LogP contribution is -2.09. The molecule has 1 aromatic rings. The van der Waals surface area contributed by atoms with Crippen LogP contribution in [-0.4, -0.2) is 12.6 Å². The van der Waals surface area contributed by atoms with Crippen LogP contribution in [0.2, 0.25) is 0 Å². The number of benzene rings is 1. The molecule has 0 atom stereocenters. The van der Waals surface area contributed by atoms with E-state index in [0.717, 1.165) is 11.1 Å². The zero-order valence-electron chi connectivity index (χ0n) is 9.35. The number of alkyl halides is 1. The van der Waals surface area contributed by atoms with Crippen LogP contribution in [0.1, 0.15) is 23.6 Å². The predicted molar refractivity (Wildman–Crippen MR) is 61.0 cm³/mol. The topological polar surface area (TPSA) is 26.3 Å². The lowest BCUT2D eigenvalue weighted by molar-refractivity contribution is -0.142. The monoisotopic (exact) mass is 244 g/mol. The summed E-state index contributed by atoms with van der Waals surface area (Å²) >= 11 is 5.72. The van der Waals surface area contributed by atoms with Crippen molar-refractivity contribution in [3.63, 3.8) is 0 Å². The Hall–Kier alpha value is -1.09. The summed E-state index contributed by atoms with van der Waals surface area (Å²) in [6, 6.07) is 3.01.